The summed E-state index contributed by atoms with van der Waals surface area (Å²) in [6.07, 6.45) is 0.287. The summed E-state index contributed by atoms with van der Waals surface area (Å²) in [5.41, 5.74) is 3.78. The molecular formula is C17H20N2O2. The van der Waals surface area contributed by atoms with Crippen molar-refractivity contribution in [1.29, 1.82) is 0 Å². The molecule has 1 amide bonds. The maximum Gasteiger partial charge on any atom is 0.255 e. The molecule has 0 saturated carbocycles. The number of rotatable bonds is 2. The van der Waals surface area contributed by atoms with Crippen molar-refractivity contribution in [3.63, 3.8) is 0 Å². The number of nitrogens with zero attached hydrogens (tertiary/aromatic N) is 2. The molecule has 1 aromatic heterocycles. The van der Waals surface area contributed by atoms with Gasteiger partial charge in [0.2, 0.25) is 0 Å². The fraction of sp³-hybridized carbons (Fsp3) is 0.353. The number of hydrogen-bond acceptors (Lipinski definition) is 2. The molecule has 4 nitrogen and oxygen atoms in total. The molecule has 21 heavy (non-hydrogen) atoms. The van der Waals surface area contributed by atoms with E-state index < -0.39 is 0 Å². The Balaban J connectivity index is 1.97. The average molecular weight is 284 g/mol. The average Bonchev–Trinajstić information content (AvgIpc) is 3.03. The summed E-state index contributed by atoms with van der Waals surface area (Å²) in [5.74, 6) is 0.0156. The van der Waals surface area contributed by atoms with Gasteiger partial charge in [-0.05, 0) is 38.5 Å². The number of β-amino-alcohol motifs (C(OH)–C–C–N with tert-alkyl or cyclic N) is 1. The van der Waals surface area contributed by atoms with E-state index >= 15 is 0 Å². The Morgan fingerprint density at radius 1 is 1.24 bits per heavy atom. The first-order chi connectivity index (χ1) is 10.1. The van der Waals surface area contributed by atoms with Crippen molar-refractivity contribution in [2.45, 2.75) is 26.4 Å². The number of aromatic nitrogens is 1. The molecule has 1 N–H and O–H groups in total. The van der Waals surface area contributed by atoms with Gasteiger partial charge < -0.3 is 14.6 Å². The van der Waals surface area contributed by atoms with E-state index in [1.54, 1.807) is 4.90 Å². The van der Waals surface area contributed by atoms with Gasteiger partial charge >= 0.3 is 0 Å². The van der Waals surface area contributed by atoms with Crippen LogP contribution >= 0.6 is 0 Å². The van der Waals surface area contributed by atoms with Crippen LogP contribution in [0.4, 0.5) is 0 Å². The number of aryl methyl sites for hydroxylation is 1. The summed E-state index contributed by atoms with van der Waals surface area (Å²) in [4.78, 5) is 14.3. The molecule has 1 aromatic carbocycles. The zero-order valence-corrected chi connectivity index (χ0v) is 12.4. The van der Waals surface area contributed by atoms with Gasteiger partial charge in [-0.3, -0.25) is 4.79 Å². The molecule has 1 saturated heterocycles. The van der Waals surface area contributed by atoms with Gasteiger partial charge in [-0.15, -0.1) is 0 Å². The van der Waals surface area contributed by atoms with Crippen LogP contribution in [-0.4, -0.2) is 39.7 Å². The Labute approximate surface area is 124 Å². The largest absolute Gasteiger partial charge is 0.391 e. The summed E-state index contributed by atoms with van der Waals surface area (Å²) in [5, 5.41) is 9.60. The normalized spacial score (nSPS) is 18.2. The van der Waals surface area contributed by atoms with E-state index in [0.717, 1.165) is 22.6 Å². The smallest absolute Gasteiger partial charge is 0.255 e. The molecule has 1 atom stereocenters. The third-order valence-electron chi connectivity index (χ3n) is 4.13. The second kappa shape index (κ2) is 5.37. The summed E-state index contributed by atoms with van der Waals surface area (Å²) in [6, 6.07) is 12.0. The van der Waals surface area contributed by atoms with Crippen LogP contribution in [-0.2, 0) is 0 Å². The van der Waals surface area contributed by atoms with E-state index in [2.05, 4.69) is 4.57 Å². The van der Waals surface area contributed by atoms with Crippen molar-refractivity contribution in [1.82, 2.24) is 9.47 Å². The SMILES string of the molecule is Cc1cc(C(=O)N2CC[C@@H](O)C2)c(C)n1-c1ccccc1. The number of benzene rings is 1. The number of aliphatic hydroxyl groups excluding tert-OH is 1. The van der Waals surface area contributed by atoms with E-state index in [1.807, 2.05) is 50.2 Å². The number of para-hydroxylation sites is 1. The van der Waals surface area contributed by atoms with Gasteiger partial charge in [0, 0.05) is 30.2 Å². The summed E-state index contributed by atoms with van der Waals surface area (Å²) < 4.78 is 2.10. The zero-order valence-electron chi connectivity index (χ0n) is 12.4. The van der Waals surface area contributed by atoms with Crippen LogP contribution in [0.2, 0.25) is 0 Å². The van der Waals surface area contributed by atoms with Gasteiger partial charge in [0.25, 0.3) is 5.91 Å². The first-order valence-corrected chi connectivity index (χ1v) is 7.29. The van der Waals surface area contributed by atoms with Crippen LogP contribution < -0.4 is 0 Å². The molecule has 4 heteroatoms. The fourth-order valence-electron chi connectivity index (χ4n) is 3.05. The number of aliphatic hydroxyl groups is 1. The van der Waals surface area contributed by atoms with E-state index in [4.69, 9.17) is 0 Å². The van der Waals surface area contributed by atoms with Gasteiger partial charge in [-0.25, -0.2) is 0 Å². The summed E-state index contributed by atoms with van der Waals surface area (Å²) >= 11 is 0. The van der Waals surface area contributed by atoms with Crippen molar-refractivity contribution in [2.75, 3.05) is 13.1 Å². The van der Waals surface area contributed by atoms with Crippen molar-refractivity contribution in [2.24, 2.45) is 0 Å². The van der Waals surface area contributed by atoms with Gasteiger partial charge in [-0.1, -0.05) is 18.2 Å². The zero-order chi connectivity index (χ0) is 15.0. The fourth-order valence-corrected chi connectivity index (χ4v) is 3.05. The Morgan fingerprint density at radius 2 is 1.95 bits per heavy atom. The van der Waals surface area contributed by atoms with Crippen molar-refractivity contribution < 1.29 is 9.90 Å². The monoisotopic (exact) mass is 284 g/mol. The van der Waals surface area contributed by atoms with Crippen molar-refractivity contribution >= 4 is 5.91 Å². The lowest BCUT2D eigenvalue weighted by Gasteiger charge is -2.16. The minimum absolute atomic E-state index is 0.0156. The van der Waals surface area contributed by atoms with Crippen LogP contribution in [0.5, 0.6) is 0 Å². The molecule has 0 aliphatic carbocycles. The minimum atomic E-state index is -0.383. The molecule has 0 spiro atoms. The summed E-state index contributed by atoms with van der Waals surface area (Å²) in [7, 11) is 0. The van der Waals surface area contributed by atoms with Crippen LogP contribution in [0.3, 0.4) is 0 Å². The minimum Gasteiger partial charge on any atom is -0.391 e. The van der Waals surface area contributed by atoms with E-state index in [-0.39, 0.29) is 12.0 Å². The topological polar surface area (TPSA) is 45.5 Å². The lowest BCUT2D eigenvalue weighted by molar-refractivity contribution is 0.0764. The molecule has 1 aliphatic rings. The first-order valence-electron chi connectivity index (χ1n) is 7.29. The molecule has 0 bridgehead atoms. The van der Waals surface area contributed by atoms with Crippen molar-refractivity contribution in [3.05, 3.63) is 53.3 Å². The highest BCUT2D eigenvalue weighted by Gasteiger charge is 2.27. The highest BCUT2D eigenvalue weighted by atomic mass is 16.3. The molecule has 0 radical (unpaired) electrons. The third-order valence-corrected chi connectivity index (χ3v) is 4.13. The predicted molar refractivity (Wildman–Crippen MR) is 81.8 cm³/mol. The van der Waals surface area contributed by atoms with Gasteiger partial charge in [0.1, 0.15) is 0 Å². The van der Waals surface area contributed by atoms with Crippen LogP contribution in [0.25, 0.3) is 5.69 Å². The molecule has 110 valence electrons. The Morgan fingerprint density at radius 3 is 2.57 bits per heavy atom. The highest BCUT2D eigenvalue weighted by Crippen LogP contribution is 2.23. The maximum atomic E-state index is 12.6. The number of amides is 1. The van der Waals surface area contributed by atoms with E-state index in [1.165, 1.54) is 0 Å². The quantitative estimate of drug-likeness (QED) is 0.919. The third kappa shape index (κ3) is 2.47. The Kier molecular flexibility index (Phi) is 3.55. The molecule has 3 rings (SSSR count). The Bertz CT molecular complexity index is 661. The molecule has 1 fully saturated rings. The first kappa shape index (κ1) is 13.9. The van der Waals surface area contributed by atoms with Crippen LogP contribution in [0, 0.1) is 13.8 Å². The molecular weight excluding hydrogens is 264 g/mol. The number of carbonyl (C=O) groups is 1. The lowest BCUT2D eigenvalue weighted by Crippen LogP contribution is -2.29. The number of carbonyl (C=O) groups excluding carboxylic acids is 1. The second-order valence-electron chi connectivity index (χ2n) is 5.65. The van der Waals surface area contributed by atoms with E-state index in [0.29, 0.717) is 19.5 Å². The van der Waals surface area contributed by atoms with Crippen molar-refractivity contribution in [3.8, 4) is 5.69 Å². The second-order valence-corrected chi connectivity index (χ2v) is 5.65. The van der Waals surface area contributed by atoms with E-state index in [9.17, 15) is 9.90 Å². The van der Waals surface area contributed by atoms with Gasteiger partial charge in [-0.2, -0.15) is 0 Å². The standard InChI is InChI=1S/C17H20N2O2/c1-12-10-16(17(21)18-9-8-15(20)11-18)13(2)19(12)14-6-4-3-5-7-14/h3-7,10,15,20H,8-9,11H2,1-2H3/t15-/m1/s1. The number of likely N-dealkylation sites (tertiary alicyclic amines) is 1. The Hall–Kier alpha value is -2.07. The molecule has 0 unspecified atom stereocenters. The van der Waals surface area contributed by atoms with Crippen LogP contribution in [0.15, 0.2) is 36.4 Å². The number of hydrogen-bond donors (Lipinski definition) is 1. The predicted octanol–water partition coefficient (Wildman–Crippen LogP) is 2.30. The maximum absolute atomic E-state index is 12.6. The lowest BCUT2D eigenvalue weighted by atomic mass is 10.2. The van der Waals surface area contributed by atoms with Gasteiger partial charge in [0.05, 0.1) is 11.7 Å². The molecule has 2 aromatic rings. The molecule has 2 heterocycles. The molecule has 1 aliphatic heterocycles. The van der Waals surface area contributed by atoms with Gasteiger partial charge in [0.15, 0.2) is 0 Å². The summed E-state index contributed by atoms with van der Waals surface area (Å²) in [6.45, 7) is 5.05. The highest BCUT2D eigenvalue weighted by molar-refractivity contribution is 5.96. The van der Waals surface area contributed by atoms with Crippen LogP contribution in [0.1, 0.15) is 28.2 Å².